The van der Waals surface area contributed by atoms with Crippen molar-refractivity contribution in [2.24, 2.45) is 0 Å². The molecule has 2 nitrogen and oxygen atoms in total. The van der Waals surface area contributed by atoms with E-state index in [1.54, 1.807) is 12.3 Å². The van der Waals surface area contributed by atoms with Gasteiger partial charge in [-0.15, -0.1) is 0 Å². The van der Waals surface area contributed by atoms with E-state index in [-0.39, 0.29) is 6.04 Å². The summed E-state index contributed by atoms with van der Waals surface area (Å²) in [7, 11) is 0. The molecule has 5 aromatic carbocycles. The van der Waals surface area contributed by atoms with E-state index in [1.165, 1.54) is 6.07 Å². The van der Waals surface area contributed by atoms with Gasteiger partial charge >= 0.3 is 0 Å². The van der Waals surface area contributed by atoms with Gasteiger partial charge in [0.1, 0.15) is 17.0 Å². The summed E-state index contributed by atoms with van der Waals surface area (Å²) in [6.07, 6.45) is 1.75. The summed E-state index contributed by atoms with van der Waals surface area (Å²) in [5.74, 6) is -0.412. The van der Waals surface area contributed by atoms with Crippen molar-refractivity contribution in [2.45, 2.75) is 0 Å². The van der Waals surface area contributed by atoms with Crippen molar-refractivity contribution in [3.05, 3.63) is 115 Å². The Hall–Kier alpha value is -4.50. The number of rotatable bonds is 2. The van der Waals surface area contributed by atoms with Gasteiger partial charge in [0.2, 0.25) is 0 Å². The lowest BCUT2D eigenvalue weighted by Gasteiger charge is -2.12. The number of hydrogen-bond acceptors (Lipinski definition) is 2. The Labute approximate surface area is 196 Å². The van der Waals surface area contributed by atoms with Gasteiger partial charge in [0.25, 0.3) is 0 Å². The molecule has 0 fully saturated rings. The number of nitrogens with zero attached hydrogens (tertiary/aromatic N) is 1. The molecule has 0 spiro atoms. The molecule has 0 amide bonds. The van der Waals surface area contributed by atoms with Crippen LogP contribution in [0, 0.1) is 5.82 Å². The maximum Gasteiger partial charge on any atom is 0.146 e. The number of benzene rings is 5. The molecule has 7 aromatic rings. The fourth-order valence-electron chi connectivity index (χ4n) is 4.96. The zero-order valence-electron chi connectivity index (χ0n) is 19.0. The molecule has 0 atom stereocenters. The first-order chi connectivity index (χ1) is 17.2. The first-order valence-electron chi connectivity index (χ1n) is 11.7. The topological polar surface area (TPSA) is 26.0 Å². The highest BCUT2D eigenvalue weighted by atomic mass is 19.1. The van der Waals surface area contributed by atoms with Crippen LogP contribution in [0.2, 0.25) is 0 Å². The number of pyridine rings is 1. The van der Waals surface area contributed by atoms with E-state index in [4.69, 9.17) is 5.79 Å². The fraction of sp³-hybridized carbons (Fsp3) is 0. The van der Waals surface area contributed by atoms with Crippen LogP contribution in [0.5, 0.6) is 0 Å². The van der Waals surface area contributed by atoms with Gasteiger partial charge in [-0.05, 0) is 63.5 Å². The van der Waals surface area contributed by atoms with Crippen LogP contribution in [0.3, 0.4) is 0 Å². The minimum absolute atomic E-state index is 0.288. The normalized spacial score (nSPS) is 12.1. The predicted octanol–water partition coefficient (Wildman–Crippen LogP) is 8.76. The zero-order valence-corrected chi connectivity index (χ0v) is 18.0. The van der Waals surface area contributed by atoms with Crippen molar-refractivity contribution in [1.29, 1.82) is 0 Å². The summed E-state index contributed by atoms with van der Waals surface area (Å²) < 4.78 is 31.3. The van der Waals surface area contributed by atoms with Crippen LogP contribution in [0.4, 0.5) is 4.39 Å². The van der Waals surface area contributed by atoms with Crippen LogP contribution in [0.25, 0.3) is 65.9 Å². The van der Waals surface area contributed by atoms with E-state index >= 15 is 4.39 Å². The van der Waals surface area contributed by atoms with Gasteiger partial charge in [-0.2, -0.15) is 0 Å². The molecule has 34 heavy (non-hydrogen) atoms. The van der Waals surface area contributed by atoms with E-state index in [0.29, 0.717) is 22.3 Å². The third-order valence-electron chi connectivity index (χ3n) is 6.48. The third-order valence-corrected chi connectivity index (χ3v) is 6.48. The zero-order chi connectivity index (χ0) is 23.5. The molecule has 160 valence electrons. The highest BCUT2D eigenvalue weighted by Gasteiger charge is 2.21. The maximum absolute atomic E-state index is 15.7. The Balaban J connectivity index is 1.65. The number of hydrogen-bond donors (Lipinski definition) is 0. The van der Waals surface area contributed by atoms with Crippen LogP contribution in [-0.2, 0) is 0 Å². The summed E-state index contributed by atoms with van der Waals surface area (Å²) in [6, 6.07) is 30.9. The molecule has 0 bridgehead atoms. The van der Waals surface area contributed by atoms with Crippen LogP contribution in [0.15, 0.2) is 114 Å². The van der Waals surface area contributed by atoms with E-state index in [2.05, 4.69) is 4.98 Å². The molecule has 0 saturated heterocycles. The average molecular weight is 440 g/mol. The number of halogens is 1. The molecule has 3 heteroatoms. The maximum atomic E-state index is 15.7. The Kier molecular flexibility index (Phi) is 3.84. The fourth-order valence-corrected chi connectivity index (χ4v) is 4.96. The molecule has 0 unspecified atom stereocenters. The third kappa shape index (κ3) is 2.70. The molecular weight excluding hydrogens is 421 g/mol. The molecule has 0 aliphatic rings. The van der Waals surface area contributed by atoms with Crippen LogP contribution in [-0.4, -0.2) is 4.98 Å². The summed E-state index contributed by atoms with van der Waals surface area (Å²) in [5.41, 5.74) is 3.59. The summed E-state index contributed by atoms with van der Waals surface area (Å²) in [4.78, 5) is 4.49. The van der Waals surface area contributed by atoms with Gasteiger partial charge in [-0.3, -0.25) is 4.98 Å². The molecule has 0 saturated carbocycles. The number of aromatic nitrogens is 1. The molecule has 2 heterocycles. The molecule has 2 aromatic heterocycles. The van der Waals surface area contributed by atoms with Crippen molar-refractivity contribution in [3.8, 4) is 22.4 Å². The lowest BCUT2D eigenvalue weighted by Crippen LogP contribution is -1.89. The summed E-state index contributed by atoms with van der Waals surface area (Å²) >= 11 is 0. The van der Waals surface area contributed by atoms with Crippen molar-refractivity contribution >= 4 is 43.5 Å². The Morgan fingerprint density at radius 3 is 2.21 bits per heavy atom. The minimum Gasteiger partial charge on any atom is -0.455 e. The number of furan rings is 1. The molecule has 0 aliphatic heterocycles. The monoisotopic (exact) mass is 440 g/mol. The van der Waals surface area contributed by atoms with Gasteiger partial charge in [-0.1, -0.05) is 66.7 Å². The highest BCUT2D eigenvalue weighted by molar-refractivity contribution is 6.18. The first-order valence-corrected chi connectivity index (χ1v) is 11.2. The first kappa shape index (κ1) is 18.0. The SMILES string of the molecule is [2H]c1c(-c2c(F)ccc3c2oc2c(-c4ccccn4)cccc23)c2ccccc2c2ccccc12. The smallest absolute Gasteiger partial charge is 0.146 e. The Morgan fingerprint density at radius 1 is 0.618 bits per heavy atom. The van der Waals surface area contributed by atoms with Gasteiger partial charge in [-0.25, -0.2) is 4.39 Å². The Bertz CT molecular complexity index is 1920. The predicted molar refractivity (Wildman–Crippen MR) is 137 cm³/mol. The highest BCUT2D eigenvalue weighted by Crippen LogP contribution is 2.43. The van der Waals surface area contributed by atoms with Crippen LogP contribution >= 0.6 is 0 Å². The second kappa shape index (κ2) is 7.26. The van der Waals surface area contributed by atoms with Gasteiger partial charge in [0.15, 0.2) is 0 Å². The minimum atomic E-state index is -0.412. The molecule has 0 radical (unpaired) electrons. The largest absolute Gasteiger partial charge is 0.455 e. The second-order valence-corrected chi connectivity index (χ2v) is 8.39. The summed E-state index contributed by atoms with van der Waals surface area (Å²) in [6.45, 7) is 0. The molecule has 0 N–H and O–H groups in total. The van der Waals surface area contributed by atoms with Crippen molar-refractivity contribution in [3.63, 3.8) is 0 Å². The molecular formula is C31H18FNO. The molecule has 7 rings (SSSR count). The van der Waals surface area contributed by atoms with E-state index in [9.17, 15) is 0 Å². The van der Waals surface area contributed by atoms with Crippen LogP contribution < -0.4 is 0 Å². The van der Waals surface area contributed by atoms with Gasteiger partial charge in [0.05, 0.1) is 12.6 Å². The van der Waals surface area contributed by atoms with Gasteiger partial charge < -0.3 is 4.42 Å². The molecule has 0 aliphatic carbocycles. The Morgan fingerprint density at radius 2 is 1.35 bits per heavy atom. The van der Waals surface area contributed by atoms with E-state index < -0.39 is 5.82 Å². The van der Waals surface area contributed by atoms with Crippen molar-refractivity contribution in [2.75, 3.05) is 0 Å². The van der Waals surface area contributed by atoms with E-state index in [1.807, 2.05) is 84.9 Å². The van der Waals surface area contributed by atoms with Gasteiger partial charge in [0, 0.05) is 22.5 Å². The van der Waals surface area contributed by atoms with Crippen molar-refractivity contribution < 1.29 is 10.2 Å². The van der Waals surface area contributed by atoms with Crippen LogP contribution in [0.1, 0.15) is 1.37 Å². The number of fused-ring (bicyclic) bond motifs is 6. The lowest BCUT2D eigenvalue weighted by molar-refractivity contribution is 0.623. The average Bonchev–Trinajstić information content (AvgIpc) is 3.29. The van der Waals surface area contributed by atoms with E-state index in [0.717, 1.165) is 43.6 Å². The quantitative estimate of drug-likeness (QED) is 0.251. The summed E-state index contributed by atoms with van der Waals surface area (Å²) in [5, 5.41) is 5.27. The standard InChI is InChI=1S/C31H18FNO/c32-27-16-15-24-23-12-7-13-25(28-14-5-6-17-33-28)30(23)34-31(24)29(27)26-18-19-8-1-2-9-20(19)21-10-3-4-11-22(21)26/h1-18H/i18D. The second-order valence-electron chi connectivity index (χ2n) is 8.39. The lowest BCUT2D eigenvalue weighted by atomic mass is 9.92. The number of para-hydroxylation sites is 1. The van der Waals surface area contributed by atoms with Crippen molar-refractivity contribution in [1.82, 2.24) is 4.98 Å².